The van der Waals surface area contributed by atoms with Crippen LogP contribution in [0.4, 0.5) is 0 Å². The number of benzene rings is 1. The van der Waals surface area contributed by atoms with Crippen LogP contribution in [0.1, 0.15) is 6.42 Å². The number of alkyl halides is 1. The second kappa shape index (κ2) is 6.41. The lowest BCUT2D eigenvalue weighted by molar-refractivity contribution is -0.0584. The van der Waals surface area contributed by atoms with E-state index in [1.54, 1.807) is 40.6 Å². The fraction of sp³-hybridized carbons (Fsp3) is 0.571. The van der Waals surface area contributed by atoms with Crippen molar-refractivity contribution in [2.75, 3.05) is 28.4 Å². The van der Waals surface area contributed by atoms with Gasteiger partial charge >= 0.3 is 0 Å². The Bertz CT molecular complexity index is 440. The van der Waals surface area contributed by atoms with E-state index in [0.717, 1.165) is 6.42 Å². The minimum Gasteiger partial charge on any atom is -0.493 e. The van der Waals surface area contributed by atoms with Crippen LogP contribution >= 0.6 is 11.6 Å². The van der Waals surface area contributed by atoms with Crippen molar-refractivity contribution in [3.05, 3.63) is 12.1 Å². The van der Waals surface area contributed by atoms with E-state index >= 15 is 0 Å². The normalized spacial score (nSPS) is 24.8. The molecule has 6 heteroatoms. The Morgan fingerprint density at radius 3 is 2.00 bits per heavy atom. The van der Waals surface area contributed by atoms with Gasteiger partial charge in [0.25, 0.3) is 0 Å². The number of halogens is 1. The third-order valence-electron chi connectivity index (χ3n) is 3.38. The van der Waals surface area contributed by atoms with Crippen molar-refractivity contribution in [2.45, 2.75) is 24.0 Å². The lowest BCUT2D eigenvalue weighted by Crippen LogP contribution is -2.52. The van der Waals surface area contributed by atoms with Gasteiger partial charge in [-0.3, -0.25) is 0 Å². The van der Waals surface area contributed by atoms with Crippen molar-refractivity contribution >= 4 is 11.6 Å². The zero-order valence-corrected chi connectivity index (χ0v) is 12.8. The summed E-state index contributed by atoms with van der Waals surface area (Å²) in [7, 11) is 6.32. The molecule has 5 nitrogen and oxygen atoms in total. The van der Waals surface area contributed by atoms with Crippen LogP contribution < -0.4 is 18.9 Å². The van der Waals surface area contributed by atoms with Gasteiger partial charge in [0.2, 0.25) is 5.75 Å². The largest absolute Gasteiger partial charge is 0.493 e. The first kappa shape index (κ1) is 15.1. The summed E-state index contributed by atoms with van der Waals surface area (Å²) >= 11 is 6.07. The van der Waals surface area contributed by atoms with Crippen molar-refractivity contribution in [1.82, 2.24) is 0 Å². The second-order valence-corrected chi connectivity index (χ2v) is 5.03. The Morgan fingerprint density at radius 1 is 1.00 bits per heavy atom. The first-order valence-corrected chi connectivity index (χ1v) is 6.71. The molecule has 112 valence electrons. The van der Waals surface area contributed by atoms with Crippen LogP contribution in [0.3, 0.4) is 0 Å². The first-order chi connectivity index (χ1) is 9.64. The molecule has 1 saturated carbocycles. The van der Waals surface area contributed by atoms with Crippen molar-refractivity contribution in [3.8, 4) is 23.0 Å². The molecule has 3 unspecified atom stereocenters. The molecule has 20 heavy (non-hydrogen) atoms. The summed E-state index contributed by atoms with van der Waals surface area (Å²) < 4.78 is 27.0. The molecule has 3 atom stereocenters. The lowest BCUT2D eigenvalue weighted by Gasteiger charge is -2.39. The van der Waals surface area contributed by atoms with E-state index in [0.29, 0.717) is 23.0 Å². The first-order valence-electron chi connectivity index (χ1n) is 6.28. The highest BCUT2D eigenvalue weighted by Crippen LogP contribution is 2.42. The monoisotopic (exact) mass is 302 g/mol. The van der Waals surface area contributed by atoms with Crippen molar-refractivity contribution in [2.24, 2.45) is 0 Å². The summed E-state index contributed by atoms with van der Waals surface area (Å²) in [6, 6.07) is 3.52. The molecule has 1 fully saturated rings. The standard InChI is InChI=1S/C14H19ClO5/c1-16-10-5-8(6-11(17-2)14(10)19-4)20-12-7-9(15)13(12)18-3/h5-6,9,12-13H,7H2,1-4H3. The molecule has 1 aliphatic rings. The summed E-state index contributed by atoms with van der Waals surface area (Å²) in [6.45, 7) is 0. The highest BCUT2D eigenvalue weighted by atomic mass is 35.5. The third kappa shape index (κ3) is 2.74. The van der Waals surface area contributed by atoms with Crippen molar-refractivity contribution in [3.63, 3.8) is 0 Å². The Labute approximate surface area is 123 Å². The van der Waals surface area contributed by atoms with Crippen LogP contribution in [0.5, 0.6) is 23.0 Å². The summed E-state index contributed by atoms with van der Waals surface area (Å²) in [5.74, 6) is 2.28. The maximum Gasteiger partial charge on any atom is 0.203 e. The van der Waals surface area contributed by atoms with E-state index in [1.807, 2.05) is 0 Å². The highest BCUT2D eigenvalue weighted by Gasteiger charge is 2.42. The number of rotatable bonds is 6. The van der Waals surface area contributed by atoms with Crippen LogP contribution in [0, 0.1) is 0 Å². The second-order valence-electron chi connectivity index (χ2n) is 4.47. The fourth-order valence-corrected chi connectivity index (χ4v) is 2.68. The van der Waals surface area contributed by atoms with Gasteiger partial charge in [0, 0.05) is 25.7 Å². The van der Waals surface area contributed by atoms with E-state index < -0.39 is 0 Å². The van der Waals surface area contributed by atoms with Crippen LogP contribution in [0.25, 0.3) is 0 Å². The summed E-state index contributed by atoms with van der Waals surface area (Å²) in [4.78, 5) is 0. The SMILES string of the molecule is COc1cc(OC2CC(Cl)C2OC)cc(OC)c1OC. The predicted molar refractivity (Wildman–Crippen MR) is 75.6 cm³/mol. The van der Waals surface area contributed by atoms with Crippen molar-refractivity contribution < 1.29 is 23.7 Å². The van der Waals surface area contributed by atoms with Gasteiger partial charge in [-0.1, -0.05) is 0 Å². The smallest absolute Gasteiger partial charge is 0.203 e. The molecule has 0 saturated heterocycles. The highest BCUT2D eigenvalue weighted by molar-refractivity contribution is 6.21. The van der Waals surface area contributed by atoms with Crippen LogP contribution in [0.2, 0.25) is 0 Å². The third-order valence-corrected chi connectivity index (χ3v) is 3.80. The molecule has 2 rings (SSSR count). The Hall–Kier alpha value is -1.33. The molecule has 0 radical (unpaired) electrons. The van der Waals surface area contributed by atoms with E-state index in [4.69, 9.17) is 35.3 Å². The zero-order valence-electron chi connectivity index (χ0n) is 12.0. The molecule has 1 aromatic carbocycles. The van der Waals surface area contributed by atoms with Gasteiger partial charge in [-0.15, -0.1) is 11.6 Å². The van der Waals surface area contributed by atoms with Gasteiger partial charge in [0.05, 0.1) is 26.7 Å². The quantitative estimate of drug-likeness (QED) is 0.756. The van der Waals surface area contributed by atoms with Gasteiger partial charge in [0.15, 0.2) is 11.5 Å². The Morgan fingerprint density at radius 2 is 1.60 bits per heavy atom. The fourth-order valence-electron chi connectivity index (χ4n) is 2.24. The molecular formula is C14H19ClO5. The maximum atomic E-state index is 6.07. The van der Waals surface area contributed by atoms with Gasteiger partial charge in [0.1, 0.15) is 18.0 Å². The van der Waals surface area contributed by atoms with E-state index in [-0.39, 0.29) is 17.6 Å². The van der Waals surface area contributed by atoms with Gasteiger partial charge in [-0.25, -0.2) is 0 Å². The molecular weight excluding hydrogens is 284 g/mol. The predicted octanol–water partition coefficient (Wildman–Crippen LogP) is 2.49. The molecule has 0 amide bonds. The number of ether oxygens (including phenoxy) is 5. The van der Waals surface area contributed by atoms with Crippen LogP contribution in [-0.4, -0.2) is 46.0 Å². The minimum absolute atomic E-state index is 0.00737. The van der Waals surface area contributed by atoms with Crippen LogP contribution in [0.15, 0.2) is 12.1 Å². The average molecular weight is 303 g/mol. The van der Waals surface area contributed by atoms with Gasteiger partial charge in [-0.2, -0.15) is 0 Å². The summed E-state index contributed by atoms with van der Waals surface area (Å²) in [5, 5.41) is -0.00737. The molecule has 0 aromatic heterocycles. The molecule has 1 aliphatic carbocycles. The average Bonchev–Trinajstić information content (AvgIpc) is 2.45. The van der Waals surface area contributed by atoms with Crippen LogP contribution in [-0.2, 0) is 4.74 Å². The molecule has 0 spiro atoms. The number of hydrogen-bond donors (Lipinski definition) is 0. The Balaban J connectivity index is 2.20. The maximum absolute atomic E-state index is 6.07. The van der Waals surface area contributed by atoms with E-state index in [1.165, 1.54) is 0 Å². The number of methoxy groups -OCH3 is 4. The minimum atomic E-state index is -0.101. The zero-order chi connectivity index (χ0) is 14.7. The van der Waals surface area contributed by atoms with Gasteiger partial charge < -0.3 is 23.7 Å². The lowest BCUT2D eigenvalue weighted by atomic mass is 9.91. The summed E-state index contributed by atoms with van der Waals surface area (Å²) in [5.41, 5.74) is 0. The summed E-state index contributed by atoms with van der Waals surface area (Å²) in [6.07, 6.45) is 0.581. The van der Waals surface area contributed by atoms with E-state index in [2.05, 4.69) is 0 Å². The topological polar surface area (TPSA) is 46.2 Å². The molecule has 0 bridgehead atoms. The Kier molecular flexibility index (Phi) is 4.83. The molecule has 0 N–H and O–H groups in total. The molecule has 1 aromatic rings. The van der Waals surface area contributed by atoms with E-state index in [9.17, 15) is 0 Å². The molecule has 0 heterocycles. The number of hydrogen-bond acceptors (Lipinski definition) is 5. The molecule has 0 aliphatic heterocycles. The van der Waals surface area contributed by atoms with Gasteiger partial charge in [-0.05, 0) is 0 Å². The van der Waals surface area contributed by atoms with Crippen molar-refractivity contribution in [1.29, 1.82) is 0 Å².